The van der Waals surface area contributed by atoms with Gasteiger partial charge in [0.15, 0.2) is 0 Å². The molecule has 3 aromatic rings. The second-order valence-corrected chi connectivity index (χ2v) is 6.31. The van der Waals surface area contributed by atoms with Crippen LogP contribution in [0.3, 0.4) is 0 Å². The molecule has 0 saturated heterocycles. The predicted octanol–water partition coefficient (Wildman–Crippen LogP) is 3.22. The van der Waals surface area contributed by atoms with Crippen molar-refractivity contribution in [3.63, 3.8) is 0 Å². The smallest absolute Gasteiger partial charge is 0.336 e. The summed E-state index contributed by atoms with van der Waals surface area (Å²) in [4.78, 5) is 11.8. The summed E-state index contributed by atoms with van der Waals surface area (Å²) in [7, 11) is 0. The van der Waals surface area contributed by atoms with Crippen LogP contribution in [-0.2, 0) is 13.0 Å². The summed E-state index contributed by atoms with van der Waals surface area (Å²) in [6.07, 6.45) is 0.935. The van der Waals surface area contributed by atoms with Gasteiger partial charge in [-0.05, 0) is 23.6 Å². The van der Waals surface area contributed by atoms with E-state index in [0.29, 0.717) is 11.5 Å². The highest BCUT2D eigenvalue weighted by molar-refractivity contribution is 5.80. The maximum Gasteiger partial charge on any atom is 0.336 e. The molecular weight excluding hydrogens is 298 g/mol. The summed E-state index contributed by atoms with van der Waals surface area (Å²) >= 11 is 0. The molecule has 0 radical (unpaired) electrons. The van der Waals surface area contributed by atoms with E-state index >= 15 is 0 Å². The fourth-order valence-corrected chi connectivity index (χ4v) is 3.07. The highest BCUT2D eigenvalue weighted by Gasteiger charge is 2.10. The van der Waals surface area contributed by atoms with Gasteiger partial charge >= 0.3 is 5.63 Å². The predicted molar refractivity (Wildman–Crippen MR) is 97.2 cm³/mol. The molecule has 0 aliphatic rings. The fourth-order valence-electron chi connectivity index (χ4n) is 3.07. The third kappa shape index (κ3) is 3.74. The zero-order valence-corrected chi connectivity index (χ0v) is 14.3. The molecule has 0 aliphatic carbocycles. The monoisotopic (exact) mass is 322 g/mol. The van der Waals surface area contributed by atoms with E-state index in [4.69, 9.17) is 4.42 Å². The van der Waals surface area contributed by atoms with Crippen LogP contribution in [0.2, 0.25) is 0 Å². The summed E-state index contributed by atoms with van der Waals surface area (Å²) in [6.45, 7) is 6.10. The maximum absolute atomic E-state index is 11.8. The maximum atomic E-state index is 11.8. The van der Waals surface area contributed by atoms with Gasteiger partial charge in [-0.2, -0.15) is 0 Å². The Balaban J connectivity index is 1.74. The second kappa shape index (κ2) is 7.45. The van der Waals surface area contributed by atoms with Gasteiger partial charge in [0, 0.05) is 22.9 Å². The summed E-state index contributed by atoms with van der Waals surface area (Å²) in [5.74, 6) is 0.476. The molecular formula is C21H24NO2+. The number of aryl methyl sites for hydroxylation is 1. The van der Waals surface area contributed by atoms with Crippen LogP contribution in [0.25, 0.3) is 11.0 Å². The molecule has 0 spiro atoms. The van der Waals surface area contributed by atoms with Gasteiger partial charge in [-0.1, -0.05) is 56.3 Å². The van der Waals surface area contributed by atoms with Gasteiger partial charge in [-0.25, -0.2) is 4.79 Å². The van der Waals surface area contributed by atoms with E-state index in [0.717, 1.165) is 30.5 Å². The lowest BCUT2D eigenvalue weighted by atomic mass is 10.0. The van der Waals surface area contributed by atoms with Crippen molar-refractivity contribution in [1.29, 1.82) is 0 Å². The largest absolute Gasteiger partial charge is 0.423 e. The van der Waals surface area contributed by atoms with E-state index in [2.05, 4.69) is 55.6 Å². The topological polar surface area (TPSA) is 46.8 Å². The molecule has 0 unspecified atom stereocenters. The Hall–Kier alpha value is -2.39. The minimum atomic E-state index is -0.268. The molecule has 0 saturated carbocycles. The standard InChI is InChI=1S/C21H23NO2/c1-3-16-9-10-19-18(12-21(23)24-20(19)11-16)14-22-13-15(2)17-7-5-4-6-8-17/h4-12,15,22H,3,13-14H2,1-2H3/p+1/t15-/m0/s1. The molecule has 0 bridgehead atoms. The Morgan fingerprint density at radius 3 is 2.62 bits per heavy atom. The first-order valence-corrected chi connectivity index (χ1v) is 8.59. The lowest BCUT2D eigenvalue weighted by Crippen LogP contribution is -2.83. The van der Waals surface area contributed by atoms with Crippen LogP contribution < -0.4 is 10.9 Å². The fraction of sp³-hybridized carbons (Fsp3) is 0.286. The Morgan fingerprint density at radius 1 is 1.08 bits per heavy atom. The number of rotatable bonds is 6. The summed E-state index contributed by atoms with van der Waals surface area (Å²) in [6, 6.07) is 18.3. The van der Waals surface area contributed by atoms with Gasteiger partial charge in [-0.3, -0.25) is 0 Å². The Labute approximate surface area is 142 Å². The van der Waals surface area contributed by atoms with E-state index in [1.54, 1.807) is 6.07 Å². The molecule has 0 aliphatic heterocycles. The molecule has 0 amide bonds. The molecule has 2 N–H and O–H groups in total. The minimum absolute atomic E-state index is 0.268. The lowest BCUT2D eigenvalue weighted by molar-refractivity contribution is -0.672. The summed E-state index contributed by atoms with van der Waals surface area (Å²) in [5, 5.41) is 3.30. The third-order valence-electron chi connectivity index (χ3n) is 4.56. The van der Waals surface area contributed by atoms with Gasteiger partial charge in [0.2, 0.25) is 0 Å². The minimum Gasteiger partial charge on any atom is -0.423 e. The Morgan fingerprint density at radius 2 is 1.88 bits per heavy atom. The van der Waals surface area contributed by atoms with E-state index in [9.17, 15) is 4.79 Å². The first kappa shape index (κ1) is 16.5. The van der Waals surface area contributed by atoms with E-state index in [1.165, 1.54) is 11.1 Å². The number of nitrogens with two attached hydrogens (primary N) is 1. The lowest BCUT2D eigenvalue weighted by Gasteiger charge is -2.11. The van der Waals surface area contributed by atoms with Crippen molar-refractivity contribution >= 4 is 11.0 Å². The van der Waals surface area contributed by atoms with Crippen molar-refractivity contribution < 1.29 is 9.73 Å². The average molecular weight is 322 g/mol. The summed E-state index contributed by atoms with van der Waals surface area (Å²) < 4.78 is 5.37. The molecule has 1 aromatic heterocycles. The first-order valence-electron chi connectivity index (χ1n) is 8.59. The van der Waals surface area contributed by atoms with Gasteiger partial charge < -0.3 is 9.73 Å². The molecule has 3 nitrogen and oxygen atoms in total. The van der Waals surface area contributed by atoms with Crippen LogP contribution in [0.1, 0.15) is 36.5 Å². The molecule has 1 heterocycles. The third-order valence-corrected chi connectivity index (χ3v) is 4.56. The van der Waals surface area contributed by atoms with Crippen LogP contribution in [-0.4, -0.2) is 6.54 Å². The molecule has 2 aromatic carbocycles. The van der Waals surface area contributed by atoms with Crippen molar-refractivity contribution in [2.75, 3.05) is 6.54 Å². The number of benzene rings is 2. The van der Waals surface area contributed by atoms with E-state index in [-0.39, 0.29) is 5.63 Å². The zero-order chi connectivity index (χ0) is 16.9. The van der Waals surface area contributed by atoms with Crippen molar-refractivity contribution in [3.05, 3.63) is 81.7 Å². The van der Waals surface area contributed by atoms with Crippen molar-refractivity contribution in [2.45, 2.75) is 32.7 Å². The summed E-state index contributed by atoms with van der Waals surface area (Å²) in [5.41, 5.74) is 4.00. The molecule has 124 valence electrons. The van der Waals surface area contributed by atoms with Gasteiger partial charge in [0.05, 0.1) is 6.54 Å². The number of hydrogen-bond acceptors (Lipinski definition) is 2. The molecule has 3 rings (SSSR count). The van der Waals surface area contributed by atoms with Crippen LogP contribution in [0.4, 0.5) is 0 Å². The first-order chi connectivity index (χ1) is 11.7. The number of quaternary nitrogens is 1. The van der Waals surface area contributed by atoms with Gasteiger partial charge in [-0.15, -0.1) is 0 Å². The van der Waals surface area contributed by atoms with Crippen molar-refractivity contribution in [2.24, 2.45) is 0 Å². The quantitative estimate of drug-likeness (QED) is 0.708. The average Bonchev–Trinajstić information content (AvgIpc) is 2.61. The van der Waals surface area contributed by atoms with Crippen LogP contribution in [0.15, 0.2) is 63.8 Å². The Kier molecular flexibility index (Phi) is 5.11. The zero-order valence-electron chi connectivity index (χ0n) is 14.3. The molecule has 3 heteroatoms. The Bertz CT molecular complexity index is 868. The second-order valence-electron chi connectivity index (χ2n) is 6.31. The van der Waals surface area contributed by atoms with Crippen LogP contribution >= 0.6 is 0 Å². The van der Waals surface area contributed by atoms with E-state index in [1.807, 2.05) is 12.1 Å². The highest BCUT2D eigenvalue weighted by atomic mass is 16.4. The number of fused-ring (bicyclic) bond motifs is 1. The molecule has 1 atom stereocenters. The normalized spacial score (nSPS) is 12.4. The van der Waals surface area contributed by atoms with Crippen molar-refractivity contribution in [3.8, 4) is 0 Å². The highest BCUT2D eigenvalue weighted by Crippen LogP contribution is 2.18. The molecule has 24 heavy (non-hydrogen) atoms. The molecule has 0 fully saturated rings. The van der Waals surface area contributed by atoms with Crippen LogP contribution in [0.5, 0.6) is 0 Å². The SMILES string of the molecule is CCc1ccc2c(C[NH2+]C[C@H](C)c3ccccc3)cc(=O)oc2c1. The van der Waals surface area contributed by atoms with Crippen molar-refractivity contribution in [1.82, 2.24) is 0 Å². The number of hydrogen-bond donors (Lipinski definition) is 1. The van der Waals surface area contributed by atoms with Crippen LogP contribution in [0, 0.1) is 0 Å². The van der Waals surface area contributed by atoms with Gasteiger partial charge in [0.1, 0.15) is 12.1 Å². The van der Waals surface area contributed by atoms with E-state index < -0.39 is 0 Å². The van der Waals surface area contributed by atoms with Gasteiger partial charge in [0.25, 0.3) is 0 Å².